The van der Waals surface area contributed by atoms with Crippen LogP contribution in [-0.4, -0.2) is 11.3 Å². The molecule has 0 N–H and O–H groups in total. The summed E-state index contributed by atoms with van der Waals surface area (Å²) in [5.74, 6) is -0.187. The number of aryl methyl sites for hydroxylation is 1. The molecule has 0 aromatic heterocycles. The summed E-state index contributed by atoms with van der Waals surface area (Å²) in [6, 6.07) is 32.1. The van der Waals surface area contributed by atoms with Gasteiger partial charge in [-0.3, -0.25) is 0 Å². The maximum Gasteiger partial charge on any atom is 0.123 e. The number of hydrogen-bond donors (Lipinski definition) is 0. The van der Waals surface area contributed by atoms with Crippen molar-refractivity contribution < 1.29 is 4.39 Å². The van der Waals surface area contributed by atoms with E-state index in [9.17, 15) is 4.39 Å². The standard InChI is InChI=1S/C37H40FP/c1-27-19-21-28(22-20-27)33-16-10-17-34(29-23-25-30(38)26-24-29)37(33)35-15-8-9-18-36(35)39(31-11-4-2-5-12-31)32-13-6-3-7-14-32/h8-10,15-26,31-32H,2-7,11-14H2,1H3. The van der Waals surface area contributed by atoms with E-state index >= 15 is 0 Å². The zero-order valence-electron chi connectivity index (χ0n) is 23.2. The molecule has 2 aliphatic rings. The van der Waals surface area contributed by atoms with Gasteiger partial charge < -0.3 is 0 Å². The molecule has 0 saturated heterocycles. The molecule has 0 atom stereocenters. The first-order valence-corrected chi connectivity index (χ1v) is 16.5. The number of hydrogen-bond acceptors (Lipinski definition) is 0. The van der Waals surface area contributed by atoms with Crippen molar-refractivity contribution in [1.29, 1.82) is 0 Å². The number of benzene rings is 4. The summed E-state index contributed by atoms with van der Waals surface area (Å²) in [5.41, 5.74) is 10.4. The average molecular weight is 535 g/mol. The molecular formula is C37H40FP. The minimum Gasteiger partial charge on any atom is -0.207 e. The molecule has 0 amide bonds. The number of rotatable bonds is 6. The van der Waals surface area contributed by atoms with Crippen LogP contribution in [0.5, 0.6) is 0 Å². The van der Waals surface area contributed by atoms with Crippen LogP contribution in [0, 0.1) is 12.7 Å². The van der Waals surface area contributed by atoms with Crippen LogP contribution >= 0.6 is 7.92 Å². The molecule has 2 saturated carbocycles. The zero-order valence-corrected chi connectivity index (χ0v) is 24.1. The van der Waals surface area contributed by atoms with Crippen molar-refractivity contribution in [1.82, 2.24) is 0 Å². The highest BCUT2D eigenvalue weighted by Crippen LogP contribution is 2.57. The van der Waals surface area contributed by atoms with Crippen molar-refractivity contribution in [3.05, 3.63) is 102 Å². The Labute approximate surface area is 235 Å². The van der Waals surface area contributed by atoms with Gasteiger partial charge in [-0.15, -0.1) is 0 Å². The topological polar surface area (TPSA) is 0 Å². The second-order valence-electron chi connectivity index (χ2n) is 11.6. The van der Waals surface area contributed by atoms with Crippen LogP contribution in [0.15, 0.2) is 91.0 Å². The predicted molar refractivity (Wildman–Crippen MR) is 168 cm³/mol. The normalized spacial score (nSPS) is 17.0. The third kappa shape index (κ3) is 5.76. The third-order valence-electron chi connectivity index (χ3n) is 8.97. The Balaban J connectivity index is 1.57. The second-order valence-corrected chi connectivity index (χ2v) is 14.4. The SMILES string of the molecule is Cc1ccc(-c2cccc(-c3ccc(F)cc3)c2-c2ccccc2P(C2CCCCC2)C2CCCCC2)cc1. The summed E-state index contributed by atoms with van der Waals surface area (Å²) in [7, 11) is -0.269. The van der Waals surface area contributed by atoms with Gasteiger partial charge in [-0.25, -0.2) is 4.39 Å². The van der Waals surface area contributed by atoms with Gasteiger partial charge >= 0.3 is 0 Å². The molecule has 200 valence electrons. The van der Waals surface area contributed by atoms with E-state index in [-0.39, 0.29) is 13.7 Å². The van der Waals surface area contributed by atoms with Crippen LogP contribution in [0.2, 0.25) is 0 Å². The van der Waals surface area contributed by atoms with Crippen LogP contribution in [-0.2, 0) is 0 Å². The Morgan fingerprint density at radius 3 is 1.59 bits per heavy atom. The summed E-state index contributed by atoms with van der Waals surface area (Å²) in [4.78, 5) is 0. The zero-order chi connectivity index (χ0) is 26.6. The van der Waals surface area contributed by atoms with Gasteiger partial charge in [0.15, 0.2) is 0 Å². The van der Waals surface area contributed by atoms with Gasteiger partial charge in [0.1, 0.15) is 5.82 Å². The summed E-state index contributed by atoms with van der Waals surface area (Å²) < 4.78 is 14.0. The molecule has 39 heavy (non-hydrogen) atoms. The molecule has 0 radical (unpaired) electrons. The molecule has 0 heterocycles. The van der Waals surface area contributed by atoms with Gasteiger partial charge in [0.05, 0.1) is 0 Å². The molecule has 0 spiro atoms. The fraction of sp³-hybridized carbons (Fsp3) is 0.351. The Bertz CT molecular complexity index is 1290. The van der Waals surface area contributed by atoms with Gasteiger partial charge in [0.2, 0.25) is 0 Å². The highest BCUT2D eigenvalue weighted by molar-refractivity contribution is 7.67. The quantitative estimate of drug-likeness (QED) is 0.216. The Kier molecular flexibility index (Phi) is 8.26. The van der Waals surface area contributed by atoms with Gasteiger partial charge in [-0.1, -0.05) is 131 Å². The van der Waals surface area contributed by atoms with Gasteiger partial charge in [-0.05, 0) is 94.7 Å². The Morgan fingerprint density at radius 1 is 0.538 bits per heavy atom. The van der Waals surface area contributed by atoms with Crippen molar-refractivity contribution in [3.63, 3.8) is 0 Å². The van der Waals surface area contributed by atoms with Crippen LogP contribution in [0.25, 0.3) is 33.4 Å². The molecule has 0 unspecified atom stereocenters. The van der Waals surface area contributed by atoms with E-state index < -0.39 is 0 Å². The molecule has 4 aromatic carbocycles. The van der Waals surface area contributed by atoms with Crippen molar-refractivity contribution in [2.24, 2.45) is 0 Å². The van der Waals surface area contributed by atoms with E-state index in [4.69, 9.17) is 0 Å². The van der Waals surface area contributed by atoms with Crippen molar-refractivity contribution in [2.45, 2.75) is 82.4 Å². The van der Waals surface area contributed by atoms with E-state index in [1.54, 1.807) is 17.4 Å². The van der Waals surface area contributed by atoms with Crippen molar-refractivity contribution in [2.75, 3.05) is 0 Å². The Morgan fingerprint density at radius 2 is 1.03 bits per heavy atom. The second kappa shape index (κ2) is 12.2. The summed E-state index contributed by atoms with van der Waals surface area (Å²) >= 11 is 0. The van der Waals surface area contributed by atoms with Gasteiger partial charge in [0, 0.05) is 0 Å². The van der Waals surface area contributed by atoms with Gasteiger partial charge in [0.25, 0.3) is 0 Å². The van der Waals surface area contributed by atoms with E-state index in [1.165, 1.54) is 97.6 Å². The average Bonchev–Trinajstić information content (AvgIpc) is 2.99. The van der Waals surface area contributed by atoms with E-state index in [0.29, 0.717) is 0 Å². The molecular weight excluding hydrogens is 494 g/mol. The Hall–Kier alpha value is -2.76. The largest absolute Gasteiger partial charge is 0.207 e. The van der Waals surface area contributed by atoms with E-state index in [1.807, 2.05) is 12.1 Å². The lowest BCUT2D eigenvalue weighted by Gasteiger charge is -2.40. The van der Waals surface area contributed by atoms with Crippen LogP contribution < -0.4 is 5.30 Å². The highest BCUT2D eigenvalue weighted by atomic mass is 31.1. The molecule has 2 heteroatoms. The fourth-order valence-electron chi connectivity index (χ4n) is 7.01. The summed E-state index contributed by atoms with van der Waals surface area (Å²) in [5, 5.41) is 1.61. The van der Waals surface area contributed by atoms with Gasteiger partial charge in [-0.2, -0.15) is 0 Å². The molecule has 0 nitrogen and oxygen atoms in total. The highest BCUT2D eigenvalue weighted by Gasteiger charge is 2.34. The summed E-state index contributed by atoms with van der Waals surface area (Å²) in [6.07, 6.45) is 13.9. The smallest absolute Gasteiger partial charge is 0.123 e. The fourth-order valence-corrected chi connectivity index (χ4v) is 11.0. The van der Waals surface area contributed by atoms with Crippen LogP contribution in [0.4, 0.5) is 4.39 Å². The lowest BCUT2D eigenvalue weighted by Crippen LogP contribution is -2.27. The van der Waals surface area contributed by atoms with Crippen LogP contribution in [0.1, 0.15) is 69.8 Å². The molecule has 0 aliphatic heterocycles. The maximum atomic E-state index is 14.0. The first kappa shape index (κ1) is 26.5. The predicted octanol–water partition coefficient (Wildman–Crippen LogP) is 10.9. The molecule has 0 bridgehead atoms. The first-order valence-electron chi connectivity index (χ1n) is 15.0. The first-order chi connectivity index (χ1) is 19.2. The monoisotopic (exact) mass is 534 g/mol. The van der Waals surface area contributed by atoms with E-state index in [0.717, 1.165) is 16.9 Å². The minimum atomic E-state index is -0.269. The molecule has 6 rings (SSSR count). The molecule has 4 aromatic rings. The maximum absolute atomic E-state index is 14.0. The number of halogens is 1. The summed E-state index contributed by atoms with van der Waals surface area (Å²) in [6.45, 7) is 2.15. The molecule has 2 aliphatic carbocycles. The molecule has 2 fully saturated rings. The van der Waals surface area contributed by atoms with Crippen LogP contribution in [0.3, 0.4) is 0 Å². The van der Waals surface area contributed by atoms with E-state index in [2.05, 4.69) is 73.7 Å². The lowest BCUT2D eigenvalue weighted by atomic mass is 9.87. The van der Waals surface area contributed by atoms with Crippen molar-refractivity contribution >= 4 is 13.2 Å². The lowest BCUT2D eigenvalue weighted by molar-refractivity contribution is 0.487. The minimum absolute atomic E-state index is 0.187. The third-order valence-corrected chi connectivity index (χ3v) is 12.5. The van der Waals surface area contributed by atoms with Crippen molar-refractivity contribution in [3.8, 4) is 33.4 Å².